The van der Waals surface area contributed by atoms with Gasteiger partial charge in [0.05, 0.1) is 19.9 Å². The number of alkyl halides is 2. The van der Waals surface area contributed by atoms with E-state index in [-0.39, 0.29) is 17.4 Å². The molecule has 0 aliphatic heterocycles. The van der Waals surface area contributed by atoms with Crippen molar-refractivity contribution in [2.75, 3.05) is 24.9 Å². The number of anilines is 2. The third kappa shape index (κ3) is 6.49. The van der Waals surface area contributed by atoms with Gasteiger partial charge in [0.1, 0.15) is 5.75 Å². The maximum atomic E-state index is 12.4. The lowest BCUT2D eigenvalue weighted by Gasteiger charge is -2.11. The van der Waals surface area contributed by atoms with Crippen LogP contribution in [0.4, 0.5) is 20.2 Å². The first-order valence-corrected chi connectivity index (χ1v) is 8.40. The van der Waals surface area contributed by atoms with Crippen molar-refractivity contribution < 1.29 is 32.6 Å². The van der Waals surface area contributed by atoms with E-state index in [0.717, 1.165) is 0 Å². The quantitative estimate of drug-likeness (QED) is 0.649. The third-order valence-electron chi connectivity index (χ3n) is 3.61. The van der Waals surface area contributed by atoms with Crippen LogP contribution < -0.4 is 24.8 Å². The largest absolute Gasteiger partial charge is 0.495 e. The monoisotopic (exact) mass is 406 g/mol. The Labute approximate surface area is 166 Å². The van der Waals surface area contributed by atoms with E-state index in [0.29, 0.717) is 22.7 Å². The summed E-state index contributed by atoms with van der Waals surface area (Å²) in [7, 11) is 2.79. The van der Waals surface area contributed by atoms with Gasteiger partial charge in [-0.05, 0) is 42.0 Å². The maximum absolute atomic E-state index is 12.4. The topological polar surface area (TPSA) is 85.9 Å². The number of carbonyl (C=O) groups is 2. The number of halogens is 2. The van der Waals surface area contributed by atoms with E-state index in [1.807, 2.05) is 0 Å². The number of nitrogens with one attached hydrogen (secondary N) is 2. The van der Waals surface area contributed by atoms with Crippen LogP contribution in [0.5, 0.6) is 17.2 Å². The number of hydrogen-bond donors (Lipinski definition) is 2. The number of amides is 2. The molecule has 2 aromatic rings. The zero-order valence-electron chi connectivity index (χ0n) is 16.0. The number of carbonyl (C=O) groups excluding carboxylic acids is 2. The van der Waals surface area contributed by atoms with Gasteiger partial charge < -0.3 is 24.8 Å². The smallest absolute Gasteiger partial charge is 0.387 e. The highest BCUT2D eigenvalue weighted by Gasteiger charge is 2.11. The molecule has 2 rings (SSSR count). The van der Waals surface area contributed by atoms with Crippen LogP contribution >= 0.6 is 0 Å². The van der Waals surface area contributed by atoms with Crippen LogP contribution in [0.3, 0.4) is 0 Å². The van der Waals surface area contributed by atoms with E-state index in [2.05, 4.69) is 15.4 Å². The van der Waals surface area contributed by atoms with Crippen molar-refractivity contribution in [3.8, 4) is 17.2 Å². The molecule has 9 heteroatoms. The second-order valence-electron chi connectivity index (χ2n) is 5.71. The molecule has 7 nitrogen and oxygen atoms in total. The van der Waals surface area contributed by atoms with Gasteiger partial charge in [0.25, 0.3) is 0 Å². The summed E-state index contributed by atoms with van der Waals surface area (Å²) in [4.78, 5) is 23.5. The molecule has 29 heavy (non-hydrogen) atoms. The summed E-state index contributed by atoms with van der Waals surface area (Å²) in [6, 6.07) is 9.08. The van der Waals surface area contributed by atoms with Crippen LogP contribution in [-0.2, 0) is 9.59 Å². The lowest BCUT2D eigenvalue weighted by molar-refractivity contribution is -0.114. The molecule has 2 amide bonds. The average molecular weight is 406 g/mol. The molecule has 154 valence electrons. The Hall–Kier alpha value is -3.62. The summed E-state index contributed by atoms with van der Waals surface area (Å²) in [5, 5.41) is 5.27. The SMILES string of the molecule is COc1ccc(NC(=O)/C=C/c2ccc(OC(F)F)c(OC)c2)cc1NC(C)=O. The molecular formula is C20H20F2N2O5. The fraction of sp³-hybridized carbons (Fsp3) is 0.200. The Balaban J connectivity index is 2.10. The van der Waals surface area contributed by atoms with Crippen molar-refractivity contribution in [2.45, 2.75) is 13.5 Å². The van der Waals surface area contributed by atoms with Gasteiger partial charge in [-0.15, -0.1) is 0 Å². The van der Waals surface area contributed by atoms with E-state index in [4.69, 9.17) is 9.47 Å². The van der Waals surface area contributed by atoms with Crippen molar-refractivity contribution in [1.82, 2.24) is 0 Å². The summed E-state index contributed by atoms with van der Waals surface area (Å²) in [5.74, 6) is -0.251. The summed E-state index contributed by atoms with van der Waals surface area (Å²) in [6.45, 7) is -1.61. The number of benzene rings is 2. The molecule has 0 unspecified atom stereocenters. The van der Waals surface area contributed by atoms with Crippen LogP contribution in [0.2, 0.25) is 0 Å². The van der Waals surface area contributed by atoms with Crippen LogP contribution in [-0.4, -0.2) is 32.6 Å². The Bertz CT molecular complexity index is 916. The molecule has 0 bridgehead atoms. The summed E-state index contributed by atoms with van der Waals surface area (Å²) < 4.78 is 39.3. The molecule has 0 aliphatic rings. The Morgan fingerprint density at radius 3 is 2.28 bits per heavy atom. The molecule has 0 saturated heterocycles. The zero-order valence-corrected chi connectivity index (χ0v) is 16.0. The highest BCUT2D eigenvalue weighted by Crippen LogP contribution is 2.30. The lowest BCUT2D eigenvalue weighted by atomic mass is 10.2. The molecule has 0 aliphatic carbocycles. The summed E-state index contributed by atoms with van der Waals surface area (Å²) >= 11 is 0. The molecule has 0 fully saturated rings. The highest BCUT2D eigenvalue weighted by molar-refractivity contribution is 6.02. The number of rotatable bonds is 8. The normalized spacial score (nSPS) is 10.7. The minimum absolute atomic E-state index is 0.104. The van der Waals surface area contributed by atoms with Crippen molar-refractivity contribution in [2.24, 2.45) is 0 Å². The van der Waals surface area contributed by atoms with Crippen molar-refractivity contribution in [1.29, 1.82) is 0 Å². The fourth-order valence-corrected chi connectivity index (χ4v) is 2.41. The molecule has 2 N–H and O–H groups in total. The molecule has 0 aromatic heterocycles. The Kier molecular flexibility index (Phi) is 7.53. The number of methoxy groups -OCH3 is 2. The molecule has 2 aromatic carbocycles. The van der Waals surface area contributed by atoms with Gasteiger partial charge in [-0.25, -0.2) is 0 Å². The average Bonchev–Trinajstić information content (AvgIpc) is 2.66. The maximum Gasteiger partial charge on any atom is 0.387 e. The first-order valence-electron chi connectivity index (χ1n) is 8.40. The minimum Gasteiger partial charge on any atom is -0.495 e. The molecular weight excluding hydrogens is 386 g/mol. The van der Waals surface area contributed by atoms with Gasteiger partial charge in [-0.3, -0.25) is 9.59 Å². The van der Waals surface area contributed by atoms with E-state index in [9.17, 15) is 18.4 Å². The molecule has 0 atom stereocenters. The number of hydrogen-bond acceptors (Lipinski definition) is 5. The summed E-state index contributed by atoms with van der Waals surface area (Å²) in [5.41, 5.74) is 1.41. The second-order valence-corrected chi connectivity index (χ2v) is 5.71. The molecule has 0 saturated carbocycles. The summed E-state index contributed by atoms with van der Waals surface area (Å²) in [6.07, 6.45) is 2.76. The van der Waals surface area contributed by atoms with Gasteiger partial charge >= 0.3 is 6.61 Å². The first kappa shape index (κ1) is 21.7. The Morgan fingerprint density at radius 2 is 1.66 bits per heavy atom. The molecule has 0 radical (unpaired) electrons. The first-order chi connectivity index (χ1) is 13.8. The predicted molar refractivity (Wildman–Crippen MR) is 105 cm³/mol. The van der Waals surface area contributed by atoms with Crippen molar-refractivity contribution >= 4 is 29.3 Å². The van der Waals surface area contributed by atoms with Crippen LogP contribution in [0.1, 0.15) is 12.5 Å². The lowest BCUT2D eigenvalue weighted by Crippen LogP contribution is -2.10. The number of ether oxygens (including phenoxy) is 3. The van der Waals surface area contributed by atoms with E-state index in [1.54, 1.807) is 18.2 Å². The third-order valence-corrected chi connectivity index (χ3v) is 3.61. The van der Waals surface area contributed by atoms with Gasteiger partial charge in [0.15, 0.2) is 11.5 Å². The van der Waals surface area contributed by atoms with Crippen LogP contribution in [0.25, 0.3) is 6.08 Å². The van der Waals surface area contributed by atoms with E-state index in [1.165, 1.54) is 51.5 Å². The molecule has 0 spiro atoms. The highest BCUT2D eigenvalue weighted by atomic mass is 19.3. The van der Waals surface area contributed by atoms with Gasteiger partial charge in [0.2, 0.25) is 11.8 Å². The van der Waals surface area contributed by atoms with Gasteiger partial charge in [-0.2, -0.15) is 8.78 Å². The standard InChI is InChI=1S/C20H20F2N2O5/c1-12(25)23-15-11-14(6-8-16(15)27-2)24-19(26)9-5-13-4-7-17(29-20(21)22)18(10-13)28-3/h4-11,20H,1-3H3,(H,23,25)(H,24,26)/b9-5+. The minimum atomic E-state index is -2.97. The zero-order chi connectivity index (χ0) is 21.4. The second kappa shape index (κ2) is 10.1. The molecule has 0 heterocycles. The van der Waals surface area contributed by atoms with E-state index >= 15 is 0 Å². The van der Waals surface area contributed by atoms with Crippen molar-refractivity contribution in [3.05, 3.63) is 48.0 Å². The Morgan fingerprint density at radius 1 is 0.966 bits per heavy atom. The van der Waals surface area contributed by atoms with E-state index < -0.39 is 12.5 Å². The fourth-order valence-electron chi connectivity index (χ4n) is 2.41. The van der Waals surface area contributed by atoms with Crippen molar-refractivity contribution in [3.63, 3.8) is 0 Å². The van der Waals surface area contributed by atoms with Crippen LogP contribution in [0, 0.1) is 0 Å². The van der Waals surface area contributed by atoms with Gasteiger partial charge in [0, 0.05) is 18.7 Å². The predicted octanol–water partition coefficient (Wildman–Crippen LogP) is 3.92. The van der Waals surface area contributed by atoms with Gasteiger partial charge in [-0.1, -0.05) is 6.07 Å². The van der Waals surface area contributed by atoms with Crippen LogP contribution in [0.15, 0.2) is 42.5 Å².